The van der Waals surface area contributed by atoms with Crippen molar-refractivity contribution in [2.24, 2.45) is 5.92 Å². The van der Waals surface area contributed by atoms with E-state index in [0.717, 1.165) is 44.9 Å². The topological polar surface area (TPSA) is 59.7 Å². The molecule has 0 saturated heterocycles. The molecule has 0 bridgehead atoms. The van der Waals surface area contributed by atoms with Crippen molar-refractivity contribution in [3.8, 4) is 0 Å². The molecule has 4 heteroatoms. The third kappa shape index (κ3) is 8.70. The second-order valence-corrected chi connectivity index (χ2v) is 7.97. The molecule has 2 rings (SSSR count). The zero-order chi connectivity index (χ0) is 21.1. The summed E-state index contributed by atoms with van der Waals surface area (Å²) in [7, 11) is 0. The number of hydrogen-bond donors (Lipinski definition) is 1. The number of hydrogen-bond acceptors (Lipinski definition) is 4. The Hall–Kier alpha value is -2.33. The molecule has 1 aromatic rings. The fourth-order valence-corrected chi connectivity index (χ4v) is 3.36. The lowest BCUT2D eigenvalue weighted by Gasteiger charge is -2.08. The molecule has 0 aliphatic carbocycles. The monoisotopic (exact) mass is 398 g/mol. The van der Waals surface area contributed by atoms with Crippen LogP contribution in [0.2, 0.25) is 0 Å². The van der Waals surface area contributed by atoms with E-state index in [1.54, 1.807) is 12.3 Å². The summed E-state index contributed by atoms with van der Waals surface area (Å²) in [5.41, 5.74) is 4.46. The quantitative estimate of drug-likeness (QED) is 0.344. The standard InChI is InChI=1S/C25H34O4/c1-19(7-4-8-20(2)10-6-12-22-13-14-28-18-22)9-5-11-21(3)15-24-16-23(17-26)25(27)29-24/h7,10,13-16,18,21,26H,4-6,8-9,11-12,17H2,1-3H3/b19-7+,20-10+,24-15-/t21-/m0/s1. The minimum atomic E-state index is -0.435. The molecule has 0 fully saturated rings. The van der Waals surface area contributed by atoms with Crippen LogP contribution in [-0.4, -0.2) is 17.7 Å². The first-order chi connectivity index (χ1) is 14.0. The van der Waals surface area contributed by atoms with E-state index < -0.39 is 5.97 Å². The van der Waals surface area contributed by atoms with Gasteiger partial charge in [-0.15, -0.1) is 0 Å². The van der Waals surface area contributed by atoms with Crippen LogP contribution in [0, 0.1) is 5.92 Å². The van der Waals surface area contributed by atoms with Gasteiger partial charge in [0.15, 0.2) is 0 Å². The number of rotatable bonds is 12. The third-order valence-corrected chi connectivity index (χ3v) is 5.18. The van der Waals surface area contributed by atoms with Crippen molar-refractivity contribution in [1.29, 1.82) is 0 Å². The predicted octanol–water partition coefficient (Wildman–Crippen LogP) is 6.05. The Labute approximate surface area is 174 Å². The van der Waals surface area contributed by atoms with Gasteiger partial charge in [0.05, 0.1) is 24.7 Å². The lowest BCUT2D eigenvalue weighted by molar-refractivity contribution is -0.133. The maximum atomic E-state index is 11.5. The molecular formula is C25H34O4. The highest BCUT2D eigenvalue weighted by atomic mass is 16.5. The lowest BCUT2D eigenvalue weighted by atomic mass is 9.99. The fraction of sp³-hybridized carbons (Fsp3) is 0.480. The molecule has 0 aromatic carbocycles. The predicted molar refractivity (Wildman–Crippen MR) is 116 cm³/mol. The van der Waals surface area contributed by atoms with E-state index in [4.69, 9.17) is 14.3 Å². The second-order valence-electron chi connectivity index (χ2n) is 7.97. The van der Waals surface area contributed by atoms with Gasteiger partial charge in [-0.2, -0.15) is 0 Å². The largest absolute Gasteiger partial charge is 0.472 e. The molecule has 158 valence electrons. The Morgan fingerprint density at radius 1 is 1.17 bits per heavy atom. The second kappa shape index (κ2) is 12.3. The Bertz CT molecular complexity index is 763. The van der Waals surface area contributed by atoms with Gasteiger partial charge in [0.2, 0.25) is 0 Å². The van der Waals surface area contributed by atoms with E-state index in [1.165, 1.54) is 16.7 Å². The molecule has 1 aromatic heterocycles. The Kier molecular flexibility index (Phi) is 9.72. The number of aryl methyl sites for hydroxylation is 1. The van der Waals surface area contributed by atoms with E-state index in [0.29, 0.717) is 17.3 Å². The van der Waals surface area contributed by atoms with Crippen LogP contribution in [0.4, 0.5) is 0 Å². The SMILES string of the molecule is C/C(=C\CCc1ccoc1)CC/C=C(\C)CCC[C@H](C)/C=C1/C=C(CO)C(=O)O1. The van der Waals surface area contributed by atoms with E-state index >= 15 is 0 Å². The average molecular weight is 399 g/mol. The molecule has 1 atom stereocenters. The van der Waals surface area contributed by atoms with Crippen molar-refractivity contribution < 1.29 is 19.1 Å². The van der Waals surface area contributed by atoms with Gasteiger partial charge in [-0.05, 0) is 88.5 Å². The highest BCUT2D eigenvalue weighted by molar-refractivity contribution is 5.92. The maximum Gasteiger partial charge on any atom is 0.341 e. The van der Waals surface area contributed by atoms with Crippen molar-refractivity contribution >= 4 is 5.97 Å². The summed E-state index contributed by atoms with van der Waals surface area (Å²) >= 11 is 0. The van der Waals surface area contributed by atoms with Crippen LogP contribution < -0.4 is 0 Å². The van der Waals surface area contributed by atoms with Gasteiger partial charge >= 0.3 is 5.97 Å². The number of carbonyl (C=O) groups excluding carboxylic acids is 1. The molecular weight excluding hydrogens is 364 g/mol. The summed E-state index contributed by atoms with van der Waals surface area (Å²) in [6.07, 6.45) is 19.4. The van der Waals surface area contributed by atoms with Crippen LogP contribution in [0.15, 0.2) is 69.8 Å². The number of cyclic esters (lactones) is 1. The summed E-state index contributed by atoms with van der Waals surface area (Å²) in [6, 6.07) is 2.02. The van der Waals surface area contributed by atoms with Gasteiger partial charge in [-0.25, -0.2) is 4.79 Å². The summed E-state index contributed by atoms with van der Waals surface area (Å²) in [5, 5.41) is 9.07. The normalized spacial score (nSPS) is 17.6. The van der Waals surface area contributed by atoms with E-state index in [2.05, 4.69) is 32.9 Å². The minimum absolute atomic E-state index is 0.270. The summed E-state index contributed by atoms with van der Waals surface area (Å²) in [5.74, 6) is 0.463. The zero-order valence-electron chi connectivity index (χ0n) is 17.9. The minimum Gasteiger partial charge on any atom is -0.472 e. The number of carbonyl (C=O) groups is 1. The number of furan rings is 1. The first kappa shape index (κ1) is 23.0. The highest BCUT2D eigenvalue weighted by Crippen LogP contribution is 2.21. The molecule has 0 unspecified atom stereocenters. The van der Waals surface area contributed by atoms with Crippen molar-refractivity contribution in [2.75, 3.05) is 6.61 Å². The molecule has 0 spiro atoms. The summed E-state index contributed by atoms with van der Waals surface area (Å²) in [6.45, 7) is 6.27. The molecule has 0 radical (unpaired) electrons. The van der Waals surface area contributed by atoms with Crippen LogP contribution in [-0.2, 0) is 16.0 Å². The van der Waals surface area contributed by atoms with Crippen LogP contribution in [0.1, 0.15) is 64.9 Å². The summed E-state index contributed by atoms with van der Waals surface area (Å²) < 4.78 is 10.2. The first-order valence-corrected chi connectivity index (χ1v) is 10.6. The third-order valence-electron chi connectivity index (χ3n) is 5.18. The van der Waals surface area contributed by atoms with Gasteiger partial charge in [-0.1, -0.05) is 30.2 Å². The lowest BCUT2D eigenvalue weighted by Crippen LogP contribution is -2.02. The van der Waals surface area contributed by atoms with Crippen molar-refractivity contribution in [3.05, 3.63) is 70.9 Å². The van der Waals surface area contributed by atoms with Crippen LogP contribution >= 0.6 is 0 Å². The van der Waals surface area contributed by atoms with Gasteiger partial charge in [0.25, 0.3) is 0 Å². The van der Waals surface area contributed by atoms with E-state index in [9.17, 15) is 4.79 Å². The highest BCUT2D eigenvalue weighted by Gasteiger charge is 2.20. The van der Waals surface area contributed by atoms with Crippen LogP contribution in [0.3, 0.4) is 0 Å². The van der Waals surface area contributed by atoms with Gasteiger partial charge < -0.3 is 14.3 Å². The van der Waals surface area contributed by atoms with Gasteiger partial charge in [0, 0.05) is 0 Å². The van der Waals surface area contributed by atoms with Crippen molar-refractivity contribution in [1.82, 2.24) is 0 Å². The van der Waals surface area contributed by atoms with Gasteiger partial charge in [0.1, 0.15) is 5.76 Å². The molecule has 0 saturated carbocycles. The molecule has 1 aliphatic heterocycles. The molecule has 1 N–H and O–H groups in total. The smallest absolute Gasteiger partial charge is 0.341 e. The van der Waals surface area contributed by atoms with Crippen LogP contribution in [0.5, 0.6) is 0 Å². The maximum absolute atomic E-state index is 11.5. The van der Waals surface area contributed by atoms with Crippen LogP contribution in [0.25, 0.3) is 0 Å². The Balaban J connectivity index is 1.62. The van der Waals surface area contributed by atoms with Crippen molar-refractivity contribution in [3.63, 3.8) is 0 Å². The first-order valence-electron chi connectivity index (χ1n) is 10.6. The molecule has 0 amide bonds. The summed E-state index contributed by atoms with van der Waals surface area (Å²) in [4.78, 5) is 11.5. The number of esters is 1. The number of allylic oxidation sites excluding steroid dienone is 6. The van der Waals surface area contributed by atoms with Gasteiger partial charge in [-0.3, -0.25) is 0 Å². The Morgan fingerprint density at radius 3 is 2.62 bits per heavy atom. The molecule has 1 aliphatic rings. The van der Waals surface area contributed by atoms with E-state index in [-0.39, 0.29) is 6.61 Å². The van der Waals surface area contributed by atoms with Crippen molar-refractivity contribution in [2.45, 2.75) is 65.7 Å². The van der Waals surface area contributed by atoms with E-state index in [1.807, 2.05) is 18.4 Å². The number of aliphatic hydroxyl groups is 1. The molecule has 4 nitrogen and oxygen atoms in total. The Morgan fingerprint density at radius 2 is 1.93 bits per heavy atom. The zero-order valence-corrected chi connectivity index (χ0v) is 17.9. The fourth-order valence-electron chi connectivity index (χ4n) is 3.36. The molecule has 29 heavy (non-hydrogen) atoms. The number of ether oxygens (including phenoxy) is 1. The average Bonchev–Trinajstić information content (AvgIpc) is 3.31. The number of aliphatic hydroxyl groups excluding tert-OH is 1. The molecule has 2 heterocycles.